The smallest absolute Gasteiger partial charge is 0.270 e. The van der Waals surface area contributed by atoms with E-state index in [1.54, 1.807) is 12.3 Å². The van der Waals surface area contributed by atoms with Gasteiger partial charge in [-0.15, -0.1) is 0 Å². The molecule has 0 fully saturated rings. The van der Waals surface area contributed by atoms with Crippen molar-refractivity contribution >= 4 is 17.3 Å². The van der Waals surface area contributed by atoms with Gasteiger partial charge in [0.25, 0.3) is 5.91 Å². The molecule has 3 aromatic rings. The third-order valence-corrected chi connectivity index (χ3v) is 3.81. The second-order valence-corrected chi connectivity index (χ2v) is 5.46. The summed E-state index contributed by atoms with van der Waals surface area (Å²) >= 11 is 0. The molecule has 0 aliphatic heterocycles. The van der Waals surface area contributed by atoms with Crippen LogP contribution in [0.15, 0.2) is 79.0 Å². The highest BCUT2D eigenvalue weighted by molar-refractivity contribution is 5.92. The quantitative estimate of drug-likeness (QED) is 0.779. The SMILES string of the molecule is CN(c1ccccc1)c1ccc(C(=O)NCc2ccccc2)nc1. The maximum absolute atomic E-state index is 12.2. The number of pyridine rings is 1. The first-order valence-corrected chi connectivity index (χ1v) is 7.81. The lowest BCUT2D eigenvalue weighted by Gasteiger charge is -2.19. The predicted molar refractivity (Wildman–Crippen MR) is 96.4 cm³/mol. The Bertz CT molecular complexity index is 786. The molecule has 0 bridgehead atoms. The van der Waals surface area contributed by atoms with Crippen LogP contribution in [0, 0.1) is 0 Å². The van der Waals surface area contributed by atoms with Gasteiger partial charge in [0.05, 0.1) is 11.9 Å². The summed E-state index contributed by atoms with van der Waals surface area (Å²) in [5.74, 6) is -0.173. The number of carbonyl (C=O) groups excluding carboxylic acids is 1. The minimum Gasteiger partial charge on any atom is -0.347 e. The number of para-hydroxylation sites is 1. The van der Waals surface area contributed by atoms with Gasteiger partial charge < -0.3 is 10.2 Å². The molecule has 0 aliphatic carbocycles. The number of nitrogens with one attached hydrogen (secondary N) is 1. The third kappa shape index (κ3) is 3.79. The Balaban J connectivity index is 1.64. The molecule has 120 valence electrons. The summed E-state index contributed by atoms with van der Waals surface area (Å²) in [5.41, 5.74) is 3.48. The molecule has 1 N–H and O–H groups in total. The van der Waals surface area contributed by atoms with E-state index in [2.05, 4.69) is 10.3 Å². The highest BCUT2D eigenvalue weighted by atomic mass is 16.1. The molecule has 4 nitrogen and oxygen atoms in total. The Morgan fingerprint density at radius 2 is 1.58 bits per heavy atom. The normalized spacial score (nSPS) is 10.2. The van der Waals surface area contributed by atoms with Gasteiger partial charge in [-0.25, -0.2) is 4.98 Å². The first-order chi connectivity index (χ1) is 11.7. The summed E-state index contributed by atoms with van der Waals surface area (Å²) in [5, 5.41) is 2.88. The zero-order chi connectivity index (χ0) is 16.8. The molecule has 3 rings (SSSR count). The lowest BCUT2D eigenvalue weighted by atomic mass is 10.2. The van der Waals surface area contributed by atoms with Gasteiger partial charge in [0.15, 0.2) is 0 Å². The van der Waals surface area contributed by atoms with E-state index < -0.39 is 0 Å². The first-order valence-electron chi connectivity index (χ1n) is 7.81. The predicted octanol–water partition coefficient (Wildman–Crippen LogP) is 3.78. The minimum atomic E-state index is -0.173. The van der Waals surface area contributed by atoms with Crippen LogP contribution in [0.4, 0.5) is 11.4 Å². The Morgan fingerprint density at radius 3 is 2.21 bits per heavy atom. The van der Waals surface area contributed by atoms with Gasteiger partial charge in [-0.3, -0.25) is 4.79 Å². The van der Waals surface area contributed by atoms with Crippen molar-refractivity contribution in [1.29, 1.82) is 0 Å². The van der Waals surface area contributed by atoms with Crippen LogP contribution in [-0.4, -0.2) is 17.9 Å². The van der Waals surface area contributed by atoms with E-state index >= 15 is 0 Å². The largest absolute Gasteiger partial charge is 0.347 e. The number of nitrogens with zero attached hydrogens (tertiary/aromatic N) is 2. The molecule has 2 aromatic carbocycles. The summed E-state index contributed by atoms with van der Waals surface area (Å²) in [4.78, 5) is 18.5. The van der Waals surface area contributed by atoms with E-state index in [-0.39, 0.29) is 5.91 Å². The highest BCUT2D eigenvalue weighted by Gasteiger charge is 2.09. The molecule has 24 heavy (non-hydrogen) atoms. The summed E-state index contributed by atoms with van der Waals surface area (Å²) in [7, 11) is 1.97. The van der Waals surface area contributed by atoms with Gasteiger partial charge >= 0.3 is 0 Å². The number of carbonyl (C=O) groups is 1. The van der Waals surface area contributed by atoms with Crippen molar-refractivity contribution in [1.82, 2.24) is 10.3 Å². The average molecular weight is 317 g/mol. The fourth-order valence-corrected chi connectivity index (χ4v) is 2.39. The standard InChI is InChI=1S/C20H19N3O/c1-23(17-10-6-3-7-11-17)18-12-13-19(21-15-18)20(24)22-14-16-8-4-2-5-9-16/h2-13,15H,14H2,1H3,(H,22,24). The fourth-order valence-electron chi connectivity index (χ4n) is 2.39. The lowest BCUT2D eigenvalue weighted by molar-refractivity contribution is 0.0946. The van der Waals surface area contributed by atoms with Crippen molar-refractivity contribution < 1.29 is 4.79 Å². The Kier molecular flexibility index (Phi) is 4.87. The molecular weight excluding hydrogens is 298 g/mol. The van der Waals surface area contributed by atoms with Crippen molar-refractivity contribution in [2.45, 2.75) is 6.54 Å². The zero-order valence-electron chi connectivity index (χ0n) is 13.5. The topological polar surface area (TPSA) is 45.2 Å². The van der Waals surface area contributed by atoms with Gasteiger partial charge in [0.2, 0.25) is 0 Å². The van der Waals surface area contributed by atoms with Gasteiger partial charge in [-0.1, -0.05) is 48.5 Å². The van der Waals surface area contributed by atoms with E-state index in [9.17, 15) is 4.79 Å². The van der Waals surface area contributed by atoms with E-state index in [0.29, 0.717) is 12.2 Å². The molecule has 1 heterocycles. The Labute approximate surface area is 141 Å². The minimum absolute atomic E-state index is 0.173. The van der Waals surface area contributed by atoms with Crippen LogP contribution in [0.2, 0.25) is 0 Å². The molecule has 0 aliphatic rings. The van der Waals surface area contributed by atoms with E-state index in [1.165, 1.54) is 0 Å². The second-order valence-electron chi connectivity index (χ2n) is 5.46. The van der Waals surface area contributed by atoms with Crippen LogP contribution in [0.3, 0.4) is 0 Å². The third-order valence-electron chi connectivity index (χ3n) is 3.81. The van der Waals surface area contributed by atoms with Gasteiger partial charge in [0.1, 0.15) is 5.69 Å². The monoisotopic (exact) mass is 317 g/mol. The van der Waals surface area contributed by atoms with Crippen LogP contribution in [0.1, 0.15) is 16.1 Å². The number of hydrogen-bond donors (Lipinski definition) is 1. The summed E-state index contributed by atoms with van der Waals surface area (Å²) in [6, 6.07) is 23.5. The highest BCUT2D eigenvalue weighted by Crippen LogP contribution is 2.22. The molecule has 1 amide bonds. The van der Waals surface area contributed by atoms with Gasteiger partial charge in [-0.2, -0.15) is 0 Å². The second kappa shape index (κ2) is 7.42. The number of rotatable bonds is 5. The van der Waals surface area contributed by atoms with Crippen LogP contribution in [0.25, 0.3) is 0 Å². The van der Waals surface area contributed by atoms with Crippen LogP contribution >= 0.6 is 0 Å². The van der Waals surface area contributed by atoms with Crippen LogP contribution in [-0.2, 0) is 6.54 Å². The average Bonchev–Trinajstić information content (AvgIpc) is 2.67. The number of aromatic nitrogens is 1. The molecule has 0 spiro atoms. The molecule has 0 radical (unpaired) electrons. The Hall–Kier alpha value is -3.14. The maximum Gasteiger partial charge on any atom is 0.270 e. The molecule has 4 heteroatoms. The Morgan fingerprint density at radius 1 is 0.917 bits per heavy atom. The zero-order valence-corrected chi connectivity index (χ0v) is 13.5. The number of amides is 1. The maximum atomic E-state index is 12.2. The molecule has 0 saturated carbocycles. The molecule has 0 saturated heterocycles. The fraction of sp³-hybridized carbons (Fsp3) is 0.100. The van der Waals surface area contributed by atoms with E-state index in [4.69, 9.17) is 0 Å². The first kappa shape index (κ1) is 15.7. The molecule has 0 atom stereocenters. The number of hydrogen-bond acceptors (Lipinski definition) is 3. The summed E-state index contributed by atoms with van der Waals surface area (Å²) in [6.07, 6.45) is 1.71. The summed E-state index contributed by atoms with van der Waals surface area (Å²) < 4.78 is 0. The van der Waals surface area contributed by atoms with Crippen LogP contribution in [0.5, 0.6) is 0 Å². The van der Waals surface area contributed by atoms with Crippen molar-refractivity contribution in [3.63, 3.8) is 0 Å². The van der Waals surface area contributed by atoms with Crippen molar-refractivity contribution in [2.24, 2.45) is 0 Å². The van der Waals surface area contributed by atoms with Crippen molar-refractivity contribution in [3.8, 4) is 0 Å². The molecule has 0 unspecified atom stereocenters. The van der Waals surface area contributed by atoms with E-state index in [0.717, 1.165) is 16.9 Å². The molecular formula is C20H19N3O. The number of anilines is 2. The van der Waals surface area contributed by atoms with E-state index in [1.807, 2.05) is 78.7 Å². The van der Waals surface area contributed by atoms with Crippen LogP contribution < -0.4 is 10.2 Å². The summed E-state index contributed by atoms with van der Waals surface area (Å²) in [6.45, 7) is 0.493. The van der Waals surface area contributed by atoms with Gasteiger partial charge in [-0.05, 0) is 29.8 Å². The van der Waals surface area contributed by atoms with Gasteiger partial charge in [0, 0.05) is 19.3 Å². The molecule has 1 aromatic heterocycles. The van der Waals surface area contributed by atoms with Crippen molar-refractivity contribution in [3.05, 3.63) is 90.3 Å². The lowest BCUT2D eigenvalue weighted by Crippen LogP contribution is -2.23. The number of benzene rings is 2. The van der Waals surface area contributed by atoms with Crippen molar-refractivity contribution in [2.75, 3.05) is 11.9 Å².